The number of aromatic nitrogens is 1. The van der Waals surface area contributed by atoms with Crippen molar-refractivity contribution in [2.24, 2.45) is 5.92 Å². The van der Waals surface area contributed by atoms with Crippen LogP contribution in [0.1, 0.15) is 17.8 Å². The van der Waals surface area contributed by atoms with Crippen LogP contribution in [0.5, 0.6) is 11.5 Å². The van der Waals surface area contributed by atoms with Crippen molar-refractivity contribution >= 4 is 11.3 Å². The molecule has 2 heterocycles. The lowest BCUT2D eigenvalue weighted by atomic mass is 9.99. The monoisotopic (exact) mass is 318 g/mol. The third-order valence-electron chi connectivity index (χ3n) is 3.97. The Morgan fingerprint density at radius 3 is 3.09 bits per heavy atom. The fraction of sp³-hybridized carbons (Fsp3) is 0.471. The second-order valence-electron chi connectivity index (χ2n) is 5.66. The van der Waals surface area contributed by atoms with Crippen molar-refractivity contribution in [3.63, 3.8) is 0 Å². The normalized spacial score (nSPS) is 19.0. The fourth-order valence-electron chi connectivity index (χ4n) is 2.86. The van der Waals surface area contributed by atoms with Crippen LogP contribution in [-0.2, 0) is 6.54 Å². The Bertz CT molecular complexity index is 574. The molecule has 1 saturated heterocycles. The Hall–Kier alpha value is -1.59. The summed E-state index contributed by atoms with van der Waals surface area (Å²) in [5, 5.41) is 3.25. The van der Waals surface area contributed by atoms with E-state index in [1.807, 2.05) is 35.8 Å². The molecule has 118 valence electrons. The Morgan fingerprint density at radius 2 is 2.27 bits per heavy atom. The Balaban J connectivity index is 1.49. The van der Waals surface area contributed by atoms with E-state index in [0.717, 1.165) is 37.7 Å². The highest BCUT2D eigenvalue weighted by Crippen LogP contribution is 2.23. The molecule has 0 bridgehead atoms. The summed E-state index contributed by atoms with van der Waals surface area (Å²) in [6.07, 6.45) is 4.35. The number of piperidine rings is 1. The van der Waals surface area contributed by atoms with Gasteiger partial charge in [0, 0.05) is 30.1 Å². The first-order valence-corrected chi connectivity index (χ1v) is 8.59. The highest BCUT2D eigenvalue weighted by molar-refractivity contribution is 7.09. The van der Waals surface area contributed by atoms with Crippen molar-refractivity contribution in [1.82, 2.24) is 9.88 Å². The van der Waals surface area contributed by atoms with Gasteiger partial charge in [0.15, 0.2) is 0 Å². The molecule has 0 saturated carbocycles. The highest BCUT2D eigenvalue weighted by Gasteiger charge is 2.21. The van der Waals surface area contributed by atoms with Crippen molar-refractivity contribution in [3.05, 3.63) is 40.8 Å². The lowest BCUT2D eigenvalue weighted by molar-refractivity contribution is 0.125. The van der Waals surface area contributed by atoms with Gasteiger partial charge in [0.1, 0.15) is 16.5 Å². The highest BCUT2D eigenvalue weighted by atomic mass is 32.1. The average Bonchev–Trinajstić information content (AvgIpc) is 3.06. The molecule has 1 aliphatic rings. The van der Waals surface area contributed by atoms with Gasteiger partial charge in [0.05, 0.1) is 20.3 Å². The predicted molar refractivity (Wildman–Crippen MR) is 88.6 cm³/mol. The summed E-state index contributed by atoms with van der Waals surface area (Å²) in [6.45, 7) is 3.98. The molecule has 5 heteroatoms. The van der Waals surface area contributed by atoms with Gasteiger partial charge in [-0.15, -0.1) is 11.3 Å². The summed E-state index contributed by atoms with van der Waals surface area (Å²) < 4.78 is 11.2. The summed E-state index contributed by atoms with van der Waals surface area (Å²) >= 11 is 1.73. The van der Waals surface area contributed by atoms with Crippen LogP contribution in [0, 0.1) is 5.92 Å². The third kappa shape index (κ3) is 4.21. The molecule has 0 spiro atoms. The lowest BCUT2D eigenvalue weighted by Gasteiger charge is -2.32. The van der Waals surface area contributed by atoms with Crippen LogP contribution >= 0.6 is 11.3 Å². The molecule has 22 heavy (non-hydrogen) atoms. The zero-order valence-electron chi connectivity index (χ0n) is 12.9. The maximum Gasteiger partial charge on any atom is 0.122 e. The molecule has 0 amide bonds. The molecular formula is C17H22N2O2S. The summed E-state index contributed by atoms with van der Waals surface area (Å²) in [7, 11) is 1.68. The number of ether oxygens (including phenoxy) is 2. The standard InChI is InChI=1S/C17H22N2O2S/c1-20-15-5-2-6-16(10-15)21-13-14-4-3-8-19(11-14)12-17-18-7-9-22-17/h2,5-7,9-10,14H,3-4,8,11-13H2,1H3. The molecule has 3 rings (SSSR count). The fourth-order valence-corrected chi connectivity index (χ4v) is 3.52. The summed E-state index contributed by atoms with van der Waals surface area (Å²) in [4.78, 5) is 6.87. The van der Waals surface area contributed by atoms with E-state index in [4.69, 9.17) is 9.47 Å². The van der Waals surface area contributed by atoms with Crippen LogP contribution in [0.3, 0.4) is 0 Å². The van der Waals surface area contributed by atoms with Gasteiger partial charge in [-0.3, -0.25) is 4.90 Å². The summed E-state index contributed by atoms with van der Waals surface area (Å²) in [5.74, 6) is 2.31. The first kappa shape index (κ1) is 15.3. The van der Waals surface area contributed by atoms with Crippen LogP contribution < -0.4 is 9.47 Å². The molecule has 1 atom stereocenters. The van der Waals surface area contributed by atoms with Gasteiger partial charge in [0.25, 0.3) is 0 Å². The van der Waals surface area contributed by atoms with E-state index in [1.165, 1.54) is 17.8 Å². The van der Waals surface area contributed by atoms with E-state index in [-0.39, 0.29) is 0 Å². The van der Waals surface area contributed by atoms with E-state index < -0.39 is 0 Å². The third-order valence-corrected chi connectivity index (χ3v) is 4.74. The molecule has 0 radical (unpaired) electrons. The number of benzene rings is 1. The van der Waals surface area contributed by atoms with Gasteiger partial charge in [0.2, 0.25) is 0 Å². The molecule has 2 aromatic rings. The van der Waals surface area contributed by atoms with Gasteiger partial charge in [-0.2, -0.15) is 0 Å². The summed E-state index contributed by atoms with van der Waals surface area (Å²) in [5.41, 5.74) is 0. The van der Waals surface area contributed by atoms with Crippen molar-refractivity contribution in [2.45, 2.75) is 19.4 Å². The van der Waals surface area contributed by atoms with Crippen LogP contribution in [0.25, 0.3) is 0 Å². The first-order chi connectivity index (χ1) is 10.8. The number of hydrogen-bond donors (Lipinski definition) is 0. The average molecular weight is 318 g/mol. The number of rotatable bonds is 6. The number of thiazole rings is 1. The number of nitrogens with zero attached hydrogens (tertiary/aromatic N) is 2. The van der Waals surface area contributed by atoms with Gasteiger partial charge >= 0.3 is 0 Å². The minimum atomic E-state index is 0.583. The molecule has 1 unspecified atom stereocenters. The minimum absolute atomic E-state index is 0.583. The molecule has 1 aromatic heterocycles. The minimum Gasteiger partial charge on any atom is -0.497 e. The van der Waals surface area contributed by atoms with E-state index >= 15 is 0 Å². The van der Waals surface area contributed by atoms with E-state index in [2.05, 4.69) is 9.88 Å². The Kier molecular flexibility index (Phi) is 5.29. The zero-order chi connectivity index (χ0) is 15.2. The van der Waals surface area contributed by atoms with Crippen molar-refractivity contribution in [1.29, 1.82) is 0 Å². The zero-order valence-corrected chi connectivity index (χ0v) is 13.7. The molecule has 4 nitrogen and oxygen atoms in total. The van der Waals surface area contributed by atoms with E-state index in [9.17, 15) is 0 Å². The maximum absolute atomic E-state index is 5.95. The van der Waals surface area contributed by atoms with Crippen LogP contribution in [0.2, 0.25) is 0 Å². The van der Waals surface area contributed by atoms with Crippen LogP contribution in [0.15, 0.2) is 35.8 Å². The quantitative estimate of drug-likeness (QED) is 0.817. The number of methoxy groups -OCH3 is 1. The van der Waals surface area contributed by atoms with Crippen LogP contribution in [0.4, 0.5) is 0 Å². The molecule has 1 aliphatic heterocycles. The smallest absolute Gasteiger partial charge is 0.122 e. The summed E-state index contributed by atoms with van der Waals surface area (Å²) in [6, 6.07) is 7.82. The van der Waals surface area contributed by atoms with E-state index in [0.29, 0.717) is 5.92 Å². The SMILES string of the molecule is COc1cccc(OCC2CCCN(Cc3nccs3)C2)c1. The van der Waals surface area contributed by atoms with Crippen molar-refractivity contribution < 1.29 is 9.47 Å². The van der Waals surface area contributed by atoms with Gasteiger partial charge in [-0.1, -0.05) is 6.07 Å². The second-order valence-corrected chi connectivity index (χ2v) is 6.64. The molecule has 0 N–H and O–H groups in total. The predicted octanol–water partition coefficient (Wildman–Crippen LogP) is 3.44. The topological polar surface area (TPSA) is 34.6 Å². The number of likely N-dealkylation sites (tertiary alicyclic amines) is 1. The molecule has 0 aliphatic carbocycles. The second kappa shape index (κ2) is 7.61. The van der Waals surface area contributed by atoms with Gasteiger partial charge < -0.3 is 9.47 Å². The van der Waals surface area contributed by atoms with Crippen molar-refractivity contribution in [3.8, 4) is 11.5 Å². The first-order valence-electron chi connectivity index (χ1n) is 7.71. The van der Waals surface area contributed by atoms with Crippen molar-refractivity contribution in [2.75, 3.05) is 26.8 Å². The molecular weight excluding hydrogens is 296 g/mol. The maximum atomic E-state index is 5.95. The molecule has 1 fully saturated rings. The number of hydrogen-bond acceptors (Lipinski definition) is 5. The Morgan fingerprint density at radius 1 is 1.36 bits per heavy atom. The lowest BCUT2D eigenvalue weighted by Crippen LogP contribution is -2.37. The largest absolute Gasteiger partial charge is 0.497 e. The molecule has 1 aromatic carbocycles. The van der Waals surface area contributed by atoms with E-state index in [1.54, 1.807) is 18.4 Å². The van der Waals surface area contributed by atoms with Crippen LogP contribution in [-0.4, -0.2) is 36.7 Å². The van der Waals surface area contributed by atoms with Gasteiger partial charge in [-0.05, 0) is 31.5 Å². The Labute approximate surface area is 135 Å². The van der Waals surface area contributed by atoms with Gasteiger partial charge in [-0.25, -0.2) is 4.98 Å².